The predicted molar refractivity (Wildman–Crippen MR) is 97.5 cm³/mol. The van der Waals surface area contributed by atoms with E-state index in [9.17, 15) is 21.6 Å². The number of nitrogens with one attached hydrogen (secondary N) is 1. The fourth-order valence-corrected chi connectivity index (χ4v) is 5.48. The minimum Gasteiger partial charge on any atom is -0.273 e. The van der Waals surface area contributed by atoms with Gasteiger partial charge in [0.1, 0.15) is 0 Å². The van der Waals surface area contributed by atoms with Gasteiger partial charge in [-0.15, -0.1) is 0 Å². The molecule has 0 unspecified atom stereocenters. The molecule has 1 N–H and O–H groups in total. The molecule has 1 saturated heterocycles. The van der Waals surface area contributed by atoms with Gasteiger partial charge in [0, 0.05) is 13.0 Å². The van der Waals surface area contributed by atoms with Gasteiger partial charge in [0.15, 0.2) is 0 Å². The maximum Gasteiger partial charge on any atom is 0.242 e. The molecule has 2 aromatic carbocycles. The van der Waals surface area contributed by atoms with Crippen LogP contribution in [0.1, 0.15) is 17.5 Å². The average Bonchev–Trinajstić information content (AvgIpc) is 2.86. The Kier molecular flexibility index (Phi) is 4.87. The molecular weight excluding hydrogens is 376 g/mol. The Labute approximate surface area is 152 Å². The molecule has 0 saturated carbocycles. The van der Waals surface area contributed by atoms with Crippen molar-refractivity contribution in [1.29, 1.82) is 0 Å². The second-order valence-electron chi connectivity index (χ2n) is 5.98. The molecule has 1 amide bonds. The standard InChI is InChI=1S/C17H18N2O5S2/c1-13-11-15(19-17(20)9-10-25(19,21)22)7-8-16(13)26(23,24)18-12-14-5-3-2-4-6-14/h2-8,11,18H,9-10,12H2,1H3. The molecule has 7 nitrogen and oxygen atoms in total. The minimum absolute atomic E-state index is 0.0428. The molecule has 9 heteroatoms. The number of anilines is 1. The third-order valence-corrected chi connectivity index (χ3v) is 7.32. The quantitative estimate of drug-likeness (QED) is 0.829. The van der Waals surface area contributed by atoms with E-state index in [1.807, 2.05) is 30.3 Å². The summed E-state index contributed by atoms with van der Waals surface area (Å²) in [6.07, 6.45) is -0.0694. The monoisotopic (exact) mass is 394 g/mol. The molecule has 0 spiro atoms. The van der Waals surface area contributed by atoms with E-state index in [2.05, 4.69) is 4.72 Å². The van der Waals surface area contributed by atoms with Crippen LogP contribution in [-0.4, -0.2) is 28.5 Å². The zero-order valence-electron chi connectivity index (χ0n) is 14.0. The van der Waals surface area contributed by atoms with Crippen LogP contribution in [0.5, 0.6) is 0 Å². The number of carbonyl (C=O) groups excluding carboxylic acids is 1. The van der Waals surface area contributed by atoms with E-state index in [-0.39, 0.29) is 29.3 Å². The Morgan fingerprint density at radius 2 is 1.81 bits per heavy atom. The minimum atomic E-state index is -3.77. The summed E-state index contributed by atoms with van der Waals surface area (Å²) in [5, 5.41) is 0. The molecule has 3 rings (SSSR count). The lowest BCUT2D eigenvalue weighted by molar-refractivity contribution is -0.116. The molecule has 0 bridgehead atoms. The lowest BCUT2D eigenvalue weighted by Gasteiger charge is -2.17. The average molecular weight is 394 g/mol. The summed E-state index contributed by atoms with van der Waals surface area (Å²) in [6.45, 7) is 1.71. The summed E-state index contributed by atoms with van der Waals surface area (Å²) in [6, 6.07) is 13.1. The Balaban J connectivity index is 1.86. The first kappa shape index (κ1) is 18.6. The van der Waals surface area contributed by atoms with Crippen molar-refractivity contribution in [3.63, 3.8) is 0 Å². The van der Waals surface area contributed by atoms with E-state index >= 15 is 0 Å². The van der Waals surface area contributed by atoms with Crippen molar-refractivity contribution in [3.05, 3.63) is 59.7 Å². The van der Waals surface area contributed by atoms with Crippen molar-refractivity contribution in [3.8, 4) is 0 Å². The SMILES string of the molecule is Cc1cc(N2C(=O)CCS2(=O)=O)ccc1S(=O)(=O)NCc1ccccc1. The van der Waals surface area contributed by atoms with E-state index in [1.165, 1.54) is 18.2 Å². The molecule has 26 heavy (non-hydrogen) atoms. The Hall–Kier alpha value is -2.23. The highest BCUT2D eigenvalue weighted by molar-refractivity contribution is 7.94. The molecule has 0 atom stereocenters. The Morgan fingerprint density at radius 1 is 1.12 bits per heavy atom. The third-order valence-electron chi connectivity index (χ3n) is 4.07. The van der Waals surface area contributed by atoms with E-state index in [0.717, 1.165) is 9.87 Å². The van der Waals surface area contributed by atoms with E-state index < -0.39 is 26.0 Å². The van der Waals surface area contributed by atoms with Gasteiger partial charge in [-0.1, -0.05) is 30.3 Å². The van der Waals surface area contributed by atoms with Gasteiger partial charge in [-0.3, -0.25) is 4.79 Å². The van der Waals surface area contributed by atoms with Crippen LogP contribution in [-0.2, 0) is 31.4 Å². The number of rotatable bonds is 5. The van der Waals surface area contributed by atoms with Crippen LogP contribution in [0.3, 0.4) is 0 Å². The van der Waals surface area contributed by atoms with Crippen LogP contribution in [0.2, 0.25) is 0 Å². The summed E-state index contributed by atoms with van der Waals surface area (Å²) < 4.78 is 52.3. The van der Waals surface area contributed by atoms with Crippen LogP contribution < -0.4 is 9.03 Å². The van der Waals surface area contributed by atoms with E-state index in [1.54, 1.807) is 6.92 Å². The molecule has 0 aromatic heterocycles. The Bertz CT molecular complexity index is 1050. The zero-order valence-corrected chi connectivity index (χ0v) is 15.7. The van der Waals surface area contributed by atoms with Crippen molar-refractivity contribution in [2.45, 2.75) is 24.8 Å². The summed E-state index contributed by atoms with van der Waals surface area (Å²) in [7, 11) is -7.46. The first-order valence-electron chi connectivity index (χ1n) is 7.91. The molecule has 138 valence electrons. The van der Waals surface area contributed by atoms with Gasteiger partial charge in [0.25, 0.3) is 0 Å². The van der Waals surface area contributed by atoms with Gasteiger partial charge < -0.3 is 0 Å². The number of aryl methyl sites for hydroxylation is 1. The number of nitrogens with zero attached hydrogens (tertiary/aromatic N) is 1. The highest BCUT2D eigenvalue weighted by atomic mass is 32.2. The molecule has 1 fully saturated rings. The van der Waals surface area contributed by atoms with Crippen molar-refractivity contribution in [2.75, 3.05) is 10.1 Å². The fraction of sp³-hybridized carbons (Fsp3) is 0.235. The number of benzene rings is 2. The third kappa shape index (κ3) is 3.64. The first-order chi connectivity index (χ1) is 12.2. The Morgan fingerprint density at radius 3 is 2.38 bits per heavy atom. The van der Waals surface area contributed by atoms with Gasteiger partial charge in [0.05, 0.1) is 16.3 Å². The van der Waals surface area contributed by atoms with Gasteiger partial charge >= 0.3 is 0 Å². The maximum absolute atomic E-state index is 12.5. The number of carbonyl (C=O) groups is 1. The number of hydrogen-bond acceptors (Lipinski definition) is 5. The van der Waals surface area contributed by atoms with Crippen LogP contribution in [0.4, 0.5) is 5.69 Å². The fourth-order valence-electron chi connectivity index (χ4n) is 2.78. The van der Waals surface area contributed by atoms with Gasteiger partial charge in [-0.25, -0.2) is 25.9 Å². The van der Waals surface area contributed by atoms with Crippen molar-refractivity contribution in [1.82, 2.24) is 4.72 Å². The molecular formula is C17H18N2O5S2. The van der Waals surface area contributed by atoms with Crippen molar-refractivity contribution in [2.24, 2.45) is 0 Å². The smallest absolute Gasteiger partial charge is 0.242 e. The summed E-state index contributed by atoms with van der Waals surface area (Å²) >= 11 is 0. The van der Waals surface area contributed by atoms with Gasteiger partial charge in [-0.2, -0.15) is 0 Å². The van der Waals surface area contributed by atoms with Crippen LogP contribution in [0.25, 0.3) is 0 Å². The molecule has 1 aliphatic rings. The second kappa shape index (κ2) is 6.82. The van der Waals surface area contributed by atoms with Crippen molar-refractivity contribution >= 4 is 31.6 Å². The molecule has 0 radical (unpaired) electrons. The van der Waals surface area contributed by atoms with Crippen LogP contribution in [0, 0.1) is 6.92 Å². The largest absolute Gasteiger partial charge is 0.273 e. The van der Waals surface area contributed by atoms with Gasteiger partial charge in [-0.05, 0) is 36.2 Å². The number of sulfonamides is 2. The summed E-state index contributed by atoms with van der Waals surface area (Å²) in [4.78, 5) is 11.9. The maximum atomic E-state index is 12.5. The second-order valence-corrected chi connectivity index (χ2v) is 9.66. The highest BCUT2D eigenvalue weighted by Gasteiger charge is 2.36. The molecule has 1 heterocycles. The number of hydrogen-bond donors (Lipinski definition) is 1. The van der Waals surface area contributed by atoms with Crippen LogP contribution in [0.15, 0.2) is 53.4 Å². The summed E-state index contributed by atoms with van der Waals surface area (Å²) in [5.74, 6) is -0.744. The summed E-state index contributed by atoms with van der Waals surface area (Å²) in [5.41, 5.74) is 1.34. The van der Waals surface area contributed by atoms with Crippen LogP contribution >= 0.6 is 0 Å². The lowest BCUT2D eigenvalue weighted by Crippen LogP contribution is -2.29. The first-order valence-corrected chi connectivity index (χ1v) is 11.0. The normalized spacial score (nSPS) is 16.8. The molecule has 2 aromatic rings. The molecule has 0 aliphatic carbocycles. The van der Waals surface area contributed by atoms with E-state index in [0.29, 0.717) is 5.56 Å². The van der Waals surface area contributed by atoms with Gasteiger partial charge in [0.2, 0.25) is 26.0 Å². The molecule has 1 aliphatic heterocycles. The predicted octanol–water partition coefficient (Wildman–Crippen LogP) is 1.54. The zero-order chi connectivity index (χ0) is 18.9. The lowest BCUT2D eigenvalue weighted by atomic mass is 10.2. The van der Waals surface area contributed by atoms with Crippen molar-refractivity contribution < 1.29 is 21.6 Å². The topological polar surface area (TPSA) is 101 Å². The highest BCUT2D eigenvalue weighted by Crippen LogP contribution is 2.28. The number of amides is 1. The van der Waals surface area contributed by atoms with E-state index in [4.69, 9.17) is 0 Å².